The number of nitrogens with one attached hydrogen (secondary N) is 2. The molecule has 0 spiro atoms. The summed E-state index contributed by atoms with van der Waals surface area (Å²) in [5.41, 5.74) is 1.19. The number of likely N-dealkylation sites (tertiary alicyclic amines) is 1. The largest absolute Gasteiger partial charge is 0.467 e. The van der Waals surface area contributed by atoms with E-state index in [2.05, 4.69) is 27.7 Å². The maximum Gasteiger partial charge on any atom is 0.328 e. The third kappa shape index (κ3) is 5.04. The Balaban J connectivity index is 1.97. The molecule has 1 fully saturated rings. The quantitative estimate of drug-likeness (QED) is 0.692. The van der Waals surface area contributed by atoms with Gasteiger partial charge in [0.15, 0.2) is 0 Å². The number of ether oxygens (including phenoxy) is 1. The summed E-state index contributed by atoms with van der Waals surface area (Å²) in [4.78, 5) is 26.7. The number of hydrogen-bond donors (Lipinski definition) is 2. The Morgan fingerprint density at radius 1 is 1.33 bits per heavy atom. The van der Waals surface area contributed by atoms with Crippen molar-refractivity contribution in [2.45, 2.75) is 37.9 Å². The number of benzene rings is 1. The molecular formula is C18H27N3O3. The average molecular weight is 333 g/mol. The van der Waals surface area contributed by atoms with E-state index >= 15 is 0 Å². The number of carbonyl (C=O) groups is 2. The zero-order chi connectivity index (χ0) is 17.4. The van der Waals surface area contributed by atoms with E-state index in [4.69, 9.17) is 4.74 Å². The van der Waals surface area contributed by atoms with Crippen LogP contribution >= 0.6 is 0 Å². The van der Waals surface area contributed by atoms with Crippen molar-refractivity contribution in [1.29, 1.82) is 0 Å². The molecule has 24 heavy (non-hydrogen) atoms. The molecule has 0 aliphatic carbocycles. The van der Waals surface area contributed by atoms with Gasteiger partial charge in [0.05, 0.1) is 13.2 Å². The van der Waals surface area contributed by atoms with Gasteiger partial charge in [0, 0.05) is 6.54 Å². The zero-order valence-corrected chi connectivity index (χ0v) is 14.5. The molecule has 0 bridgehead atoms. The summed E-state index contributed by atoms with van der Waals surface area (Å²) < 4.78 is 4.80. The van der Waals surface area contributed by atoms with Crippen molar-refractivity contribution in [2.75, 3.05) is 27.2 Å². The Labute approximate surface area is 143 Å². The third-order valence-corrected chi connectivity index (χ3v) is 4.38. The van der Waals surface area contributed by atoms with Crippen molar-refractivity contribution >= 4 is 11.9 Å². The molecule has 1 saturated heterocycles. The maximum atomic E-state index is 12.7. The highest BCUT2D eigenvalue weighted by Crippen LogP contribution is 2.20. The molecule has 0 radical (unpaired) electrons. The summed E-state index contributed by atoms with van der Waals surface area (Å²) in [5.74, 6) is -0.485. The fourth-order valence-electron chi connectivity index (χ4n) is 3.08. The first-order valence-corrected chi connectivity index (χ1v) is 8.46. The molecule has 2 N–H and O–H groups in total. The molecule has 6 nitrogen and oxygen atoms in total. The molecule has 1 aromatic carbocycles. The van der Waals surface area contributed by atoms with E-state index in [0.29, 0.717) is 13.0 Å². The van der Waals surface area contributed by atoms with E-state index in [-0.39, 0.29) is 11.9 Å². The minimum absolute atomic E-state index is 0.0880. The lowest BCUT2D eigenvalue weighted by molar-refractivity contribution is -0.145. The van der Waals surface area contributed by atoms with Gasteiger partial charge in [-0.1, -0.05) is 30.3 Å². The van der Waals surface area contributed by atoms with Gasteiger partial charge >= 0.3 is 5.97 Å². The summed E-state index contributed by atoms with van der Waals surface area (Å²) in [5, 5.41) is 5.86. The Hall–Kier alpha value is -1.92. The highest BCUT2D eigenvalue weighted by atomic mass is 16.5. The van der Waals surface area contributed by atoms with Gasteiger partial charge in [0.2, 0.25) is 5.91 Å². The summed E-state index contributed by atoms with van der Waals surface area (Å²) in [6.45, 7) is 2.28. The molecule has 6 heteroatoms. The second kappa shape index (κ2) is 9.39. The van der Waals surface area contributed by atoms with E-state index in [1.165, 1.54) is 12.7 Å². The lowest BCUT2D eigenvalue weighted by Crippen LogP contribution is -2.50. The van der Waals surface area contributed by atoms with Gasteiger partial charge in [-0.15, -0.1) is 0 Å². The zero-order valence-electron chi connectivity index (χ0n) is 14.5. The smallest absolute Gasteiger partial charge is 0.328 e. The highest BCUT2D eigenvalue weighted by molar-refractivity contribution is 5.87. The van der Waals surface area contributed by atoms with Crippen LogP contribution in [-0.2, 0) is 20.9 Å². The Morgan fingerprint density at radius 2 is 2.08 bits per heavy atom. The van der Waals surface area contributed by atoms with Crippen LogP contribution in [0.3, 0.4) is 0 Å². The molecule has 1 amide bonds. The van der Waals surface area contributed by atoms with Gasteiger partial charge in [0.25, 0.3) is 0 Å². The first-order valence-electron chi connectivity index (χ1n) is 8.46. The predicted octanol–water partition coefficient (Wildman–Crippen LogP) is 0.918. The van der Waals surface area contributed by atoms with E-state index in [1.54, 1.807) is 0 Å². The maximum absolute atomic E-state index is 12.7. The number of nitrogens with zero attached hydrogens (tertiary/aromatic N) is 1. The van der Waals surface area contributed by atoms with Crippen LogP contribution in [-0.4, -0.2) is 56.1 Å². The topological polar surface area (TPSA) is 70.7 Å². The second-order valence-corrected chi connectivity index (χ2v) is 6.09. The van der Waals surface area contributed by atoms with Crippen LogP contribution in [0.1, 0.15) is 24.8 Å². The van der Waals surface area contributed by atoms with Crippen LogP contribution in [0.2, 0.25) is 0 Å². The lowest BCUT2D eigenvalue weighted by Gasteiger charge is -2.25. The number of esters is 1. The molecule has 1 heterocycles. The summed E-state index contributed by atoms with van der Waals surface area (Å²) in [7, 11) is 3.16. The molecule has 2 rings (SSSR count). The third-order valence-electron chi connectivity index (χ3n) is 4.38. The first kappa shape index (κ1) is 18.4. The van der Waals surface area contributed by atoms with Gasteiger partial charge in [-0.05, 0) is 45.0 Å². The molecule has 0 saturated carbocycles. The number of hydrogen-bond acceptors (Lipinski definition) is 5. The predicted molar refractivity (Wildman–Crippen MR) is 92.4 cm³/mol. The van der Waals surface area contributed by atoms with Crippen molar-refractivity contribution < 1.29 is 14.3 Å². The monoisotopic (exact) mass is 333 g/mol. The number of carbonyl (C=O) groups excluding carboxylic acids is 2. The molecule has 1 aliphatic heterocycles. The molecule has 1 aliphatic rings. The SMILES string of the molecule is CNCC[C@H](NC(=O)[C@@H]1CCCN1Cc1ccccc1)C(=O)OC. The minimum Gasteiger partial charge on any atom is -0.467 e. The van der Waals surface area contributed by atoms with Crippen molar-refractivity contribution in [3.05, 3.63) is 35.9 Å². The van der Waals surface area contributed by atoms with E-state index in [0.717, 1.165) is 25.9 Å². The molecule has 0 unspecified atom stereocenters. The van der Waals surface area contributed by atoms with Crippen LogP contribution in [0.5, 0.6) is 0 Å². The Morgan fingerprint density at radius 3 is 2.75 bits per heavy atom. The number of amides is 1. The van der Waals surface area contributed by atoms with Gasteiger partial charge in [0.1, 0.15) is 6.04 Å². The van der Waals surface area contributed by atoms with Crippen LogP contribution in [0, 0.1) is 0 Å². The standard InChI is InChI=1S/C18H27N3O3/c1-19-11-10-15(18(23)24-2)20-17(22)16-9-6-12-21(16)13-14-7-4-3-5-8-14/h3-5,7-8,15-16,19H,6,9-13H2,1-2H3,(H,20,22)/t15-,16-/m0/s1. The summed E-state index contributed by atoms with van der Waals surface area (Å²) >= 11 is 0. The molecule has 1 aromatic rings. The first-order chi connectivity index (χ1) is 11.7. The fraction of sp³-hybridized carbons (Fsp3) is 0.556. The van der Waals surface area contributed by atoms with E-state index < -0.39 is 12.0 Å². The average Bonchev–Trinajstić information content (AvgIpc) is 3.06. The van der Waals surface area contributed by atoms with Crippen LogP contribution < -0.4 is 10.6 Å². The summed E-state index contributed by atoms with van der Waals surface area (Å²) in [6.07, 6.45) is 2.32. The van der Waals surface area contributed by atoms with Crippen LogP contribution in [0.4, 0.5) is 0 Å². The second-order valence-electron chi connectivity index (χ2n) is 6.09. The van der Waals surface area contributed by atoms with Crippen molar-refractivity contribution in [1.82, 2.24) is 15.5 Å². The van der Waals surface area contributed by atoms with E-state index in [9.17, 15) is 9.59 Å². The molecule has 2 atom stereocenters. The Kier molecular flexibility index (Phi) is 7.21. The van der Waals surface area contributed by atoms with Crippen LogP contribution in [0.25, 0.3) is 0 Å². The normalized spacial score (nSPS) is 19.0. The van der Waals surface area contributed by atoms with Gasteiger partial charge in [-0.25, -0.2) is 4.79 Å². The molecule has 0 aromatic heterocycles. The van der Waals surface area contributed by atoms with Crippen molar-refractivity contribution in [3.8, 4) is 0 Å². The highest BCUT2D eigenvalue weighted by Gasteiger charge is 2.33. The lowest BCUT2D eigenvalue weighted by atomic mass is 10.1. The van der Waals surface area contributed by atoms with Gasteiger partial charge in [-0.2, -0.15) is 0 Å². The number of methoxy groups -OCH3 is 1. The van der Waals surface area contributed by atoms with E-state index in [1.807, 2.05) is 25.2 Å². The number of rotatable bonds is 8. The molecule has 132 valence electrons. The van der Waals surface area contributed by atoms with Gasteiger partial charge in [-0.3, -0.25) is 9.69 Å². The Bertz CT molecular complexity index is 536. The fourth-order valence-corrected chi connectivity index (χ4v) is 3.08. The van der Waals surface area contributed by atoms with Crippen molar-refractivity contribution in [3.63, 3.8) is 0 Å². The minimum atomic E-state index is -0.603. The van der Waals surface area contributed by atoms with Gasteiger partial charge < -0.3 is 15.4 Å². The van der Waals surface area contributed by atoms with Crippen LogP contribution in [0.15, 0.2) is 30.3 Å². The molecular weight excluding hydrogens is 306 g/mol. The summed E-state index contributed by atoms with van der Waals surface area (Å²) in [6, 6.07) is 9.34. The van der Waals surface area contributed by atoms with Crippen molar-refractivity contribution in [2.24, 2.45) is 0 Å².